The fraction of sp³-hybridized carbons (Fsp3) is 0.111. The van der Waals surface area contributed by atoms with Gasteiger partial charge in [0.1, 0.15) is 17.2 Å². The van der Waals surface area contributed by atoms with Gasteiger partial charge in [-0.2, -0.15) is 4.31 Å². The summed E-state index contributed by atoms with van der Waals surface area (Å²) in [5.74, 6) is -0.380. The summed E-state index contributed by atoms with van der Waals surface area (Å²) < 4.78 is 31.2. The van der Waals surface area contributed by atoms with Crippen molar-refractivity contribution in [1.29, 1.82) is 0 Å². The van der Waals surface area contributed by atoms with E-state index in [9.17, 15) is 13.2 Å². The van der Waals surface area contributed by atoms with Crippen molar-refractivity contribution >= 4 is 38.4 Å². The van der Waals surface area contributed by atoms with Crippen molar-refractivity contribution < 1.29 is 17.9 Å². The molecule has 0 aliphatic carbocycles. The lowest BCUT2D eigenvalue weighted by molar-refractivity contribution is -0.134. The molecule has 1 heterocycles. The minimum atomic E-state index is -3.83. The number of halogens is 1. The van der Waals surface area contributed by atoms with Crippen LogP contribution in [0.15, 0.2) is 65.8 Å². The summed E-state index contributed by atoms with van der Waals surface area (Å²) in [7, 11) is -2.52. The second-order valence-corrected chi connectivity index (χ2v) is 7.97. The number of fused-ring (bicyclic) bond motifs is 1. The number of esters is 1. The number of sulfonamides is 1. The Morgan fingerprint density at radius 3 is 2.54 bits per heavy atom. The number of pyridine rings is 1. The molecule has 0 radical (unpaired) electrons. The number of benzene rings is 2. The highest BCUT2D eigenvalue weighted by molar-refractivity contribution is 7.89. The smallest absolute Gasteiger partial charge is 0.326 e. The van der Waals surface area contributed by atoms with E-state index >= 15 is 0 Å². The SMILES string of the molecule is CN(CC(=O)Oc1ccc(Cl)c2ccccc12)S(=O)(=O)c1cccnc1. The van der Waals surface area contributed by atoms with Gasteiger partial charge in [0, 0.05) is 35.2 Å². The van der Waals surface area contributed by atoms with E-state index in [1.165, 1.54) is 31.6 Å². The number of hydrogen-bond acceptors (Lipinski definition) is 5. The van der Waals surface area contributed by atoms with Gasteiger partial charge < -0.3 is 4.74 Å². The number of carbonyl (C=O) groups is 1. The summed E-state index contributed by atoms with van der Waals surface area (Å²) in [6.45, 7) is -0.436. The van der Waals surface area contributed by atoms with E-state index in [0.29, 0.717) is 16.2 Å². The molecule has 0 unspecified atom stereocenters. The third-order valence-corrected chi connectivity index (χ3v) is 5.87. The van der Waals surface area contributed by atoms with Gasteiger partial charge in [-0.15, -0.1) is 0 Å². The molecule has 0 amide bonds. The van der Waals surface area contributed by atoms with Crippen molar-refractivity contribution in [1.82, 2.24) is 9.29 Å². The van der Waals surface area contributed by atoms with Crippen LogP contribution in [0.2, 0.25) is 5.02 Å². The average molecular weight is 391 g/mol. The number of rotatable bonds is 5. The van der Waals surface area contributed by atoms with E-state index in [1.807, 2.05) is 12.1 Å². The van der Waals surface area contributed by atoms with E-state index in [2.05, 4.69) is 4.98 Å². The van der Waals surface area contributed by atoms with Gasteiger partial charge in [-0.25, -0.2) is 8.42 Å². The Bertz CT molecular complexity index is 1060. The number of carbonyl (C=O) groups excluding carboxylic acids is 1. The van der Waals surface area contributed by atoms with Crippen molar-refractivity contribution in [3.05, 3.63) is 65.9 Å². The summed E-state index contributed by atoms with van der Waals surface area (Å²) in [4.78, 5) is 16.0. The van der Waals surface area contributed by atoms with E-state index in [0.717, 1.165) is 9.69 Å². The fourth-order valence-electron chi connectivity index (χ4n) is 2.42. The topological polar surface area (TPSA) is 76.6 Å². The van der Waals surface area contributed by atoms with Crippen molar-refractivity contribution in [3.8, 4) is 5.75 Å². The normalized spacial score (nSPS) is 11.7. The van der Waals surface area contributed by atoms with E-state index in [4.69, 9.17) is 16.3 Å². The molecular weight excluding hydrogens is 376 g/mol. The van der Waals surface area contributed by atoms with Gasteiger partial charge in [0.15, 0.2) is 0 Å². The zero-order valence-electron chi connectivity index (χ0n) is 13.8. The van der Waals surface area contributed by atoms with Crippen LogP contribution >= 0.6 is 11.6 Å². The first-order chi connectivity index (χ1) is 12.4. The minimum absolute atomic E-state index is 0.00671. The van der Waals surface area contributed by atoms with Crippen molar-refractivity contribution in [2.45, 2.75) is 4.90 Å². The van der Waals surface area contributed by atoms with Gasteiger partial charge in [0.2, 0.25) is 10.0 Å². The molecule has 2 aromatic carbocycles. The van der Waals surface area contributed by atoms with E-state index < -0.39 is 22.5 Å². The third kappa shape index (κ3) is 3.70. The summed E-state index contributed by atoms with van der Waals surface area (Å²) >= 11 is 6.14. The van der Waals surface area contributed by atoms with Crippen LogP contribution < -0.4 is 4.74 Å². The Morgan fingerprint density at radius 1 is 1.12 bits per heavy atom. The maximum Gasteiger partial charge on any atom is 0.326 e. The van der Waals surface area contributed by atoms with Crippen molar-refractivity contribution in [2.24, 2.45) is 0 Å². The van der Waals surface area contributed by atoms with Gasteiger partial charge >= 0.3 is 5.97 Å². The molecule has 0 aliphatic rings. The predicted octanol–water partition coefficient (Wildman–Crippen LogP) is 3.11. The molecule has 134 valence electrons. The quantitative estimate of drug-likeness (QED) is 0.494. The van der Waals surface area contributed by atoms with Gasteiger partial charge in [-0.05, 0) is 24.3 Å². The van der Waals surface area contributed by atoms with Crippen LogP contribution in [0.3, 0.4) is 0 Å². The zero-order chi connectivity index (χ0) is 18.7. The van der Waals surface area contributed by atoms with Crippen LogP contribution in [0.25, 0.3) is 10.8 Å². The Kier molecular flexibility index (Phi) is 5.22. The highest BCUT2D eigenvalue weighted by atomic mass is 35.5. The van der Waals surface area contributed by atoms with Gasteiger partial charge in [0.25, 0.3) is 0 Å². The predicted molar refractivity (Wildman–Crippen MR) is 98.6 cm³/mol. The fourth-order valence-corrected chi connectivity index (χ4v) is 3.73. The molecule has 0 N–H and O–H groups in total. The maximum absolute atomic E-state index is 12.4. The molecule has 26 heavy (non-hydrogen) atoms. The zero-order valence-corrected chi connectivity index (χ0v) is 15.4. The Labute approximate surface area is 156 Å². The summed E-state index contributed by atoms with van der Waals surface area (Å²) in [5, 5.41) is 1.96. The lowest BCUT2D eigenvalue weighted by Crippen LogP contribution is -2.34. The molecule has 0 bridgehead atoms. The maximum atomic E-state index is 12.4. The molecule has 0 fully saturated rings. The van der Waals surface area contributed by atoms with E-state index in [1.54, 1.807) is 24.3 Å². The largest absolute Gasteiger partial charge is 0.425 e. The number of likely N-dealkylation sites (N-methyl/N-ethyl adjacent to an activating group) is 1. The van der Waals surface area contributed by atoms with Crippen LogP contribution in [-0.4, -0.2) is 37.3 Å². The van der Waals surface area contributed by atoms with Crippen LogP contribution in [0.5, 0.6) is 5.75 Å². The van der Waals surface area contributed by atoms with Gasteiger partial charge in [-0.1, -0.05) is 35.9 Å². The lowest BCUT2D eigenvalue weighted by atomic mass is 10.1. The Balaban J connectivity index is 1.79. The first-order valence-electron chi connectivity index (χ1n) is 7.64. The number of nitrogens with zero attached hydrogens (tertiary/aromatic N) is 2. The second kappa shape index (κ2) is 7.41. The first kappa shape index (κ1) is 18.3. The van der Waals surface area contributed by atoms with Gasteiger partial charge in [0.05, 0.1) is 0 Å². The monoisotopic (exact) mass is 390 g/mol. The molecule has 6 nitrogen and oxygen atoms in total. The van der Waals surface area contributed by atoms with Crippen molar-refractivity contribution in [3.63, 3.8) is 0 Å². The summed E-state index contributed by atoms with van der Waals surface area (Å²) in [5.41, 5.74) is 0. The van der Waals surface area contributed by atoms with Crippen LogP contribution in [0, 0.1) is 0 Å². The average Bonchev–Trinajstić information content (AvgIpc) is 2.65. The molecule has 1 aromatic heterocycles. The molecule has 0 aliphatic heterocycles. The molecule has 3 aromatic rings. The van der Waals surface area contributed by atoms with Crippen LogP contribution in [0.4, 0.5) is 0 Å². The highest BCUT2D eigenvalue weighted by Crippen LogP contribution is 2.31. The van der Waals surface area contributed by atoms with Crippen LogP contribution in [-0.2, 0) is 14.8 Å². The molecule has 0 spiro atoms. The summed E-state index contributed by atoms with van der Waals surface area (Å²) in [6.07, 6.45) is 2.70. The summed E-state index contributed by atoms with van der Waals surface area (Å²) in [6, 6.07) is 13.4. The third-order valence-electron chi connectivity index (χ3n) is 3.75. The Hall–Kier alpha value is -2.48. The molecular formula is C18H15ClN2O4S. The highest BCUT2D eigenvalue weighted by Gasteiger charge is 2.24. The van der Waals surface area contributed by atoms with Gasteiger partial charge in [-0.3, -0.25) is 9.78 Å². The minimum Gasteiger partial charge on any atom is -0.425 e. The molecule has 8 heteroatoms. The number of hydrogen-bond donors (Lipinski definition) is 0. The molecule has 0 saturated carbocycles. The lowest BCUT2D eigenvalue weighted by Gasteiger charge is -2.16. The molecule has 0 atom stereocenters. The van der Waals surface area contributed by atoms with Crippen LogP contribution in [0.1, 0.15) is 0 Å². The standard InChI is InChI=1S/C18H15ClN2O4S/c1-21(26(23,24)13-5-4-10-20-11-13)12-18(22)25-17-9-8-16(19)14-6-2-3-7-15(14)17/h2-11H,12H2,1H3. The Morgan fingerprint density at radius 2 is 1.85 bits per heavy atom. The number of aromatic nitrogens is 1. The van der Waals surface area contributed by atoms with E-state index in [-0.39, 0.29) is 4.90 Å². The molecule has 3 rings (SSSR count). The van der Waals surface area contributed by atoms with Crippen molar-refractivity contribution in [2.75, 3.05) is 13.6 Å². The second-order valence-electron chi connectivity index (χ2n) is 5.51. The number of ether oxygens (including phenoxy) is 1. The first-order valence-corrected chi connectivity index (χ1v) is 9.45. The molecule has 0 saturated heterocycles.